The van der Waals surface area contributed by atoms with Crippen LogP contribution in [0.15, 0.2) is 40.5 Å². The zero-order valence-electron chi connectivity index (χ0n) is 13.2. The monoisotopic (exact) mass is 364 g/mol. The normalized spacial score (nSPS) is 17.7. The fraction of sp³-hybridized carbons (Fsp3) is 0.500. The lowest BCUT2D eigenvalue weighted by Crippen LogP contribution is -2.26. The van der Waals surface area contributed by atoms with E-state index in [1.165, 1.54) is 0 Å². The largest absolute Gasteiger partial charge is 0.534 e. The van der Waals surface area contributed by atoms with Gasteiger partial charge in [-0.2, -0.15) is 21.6 Å². The molecule has 1 aliphatic rings. The molecule has 1 atom stereocenters. The minimum atomic E-state index is -5.67. The van der Waals surface area contributed by atoms with Gasteiger partial charge < -0.3 is 8.60 Å². The second kappa shape index (κ2) is 7.04. The van der Waals surface area contributed by atoms with E-state index < -0.39 is 15.6 Å². The Balaban J connectivity index is 2.44. The van der Waals surface area contributed by atoms with Crippen molar-refractivity contribution >= 4 is 10.1 Å². The van der Waals surface area contributed by atoms with Gasteiger partial charge in [0, 0.05) is 12.3 Å². The Kier molecular flexibility index (Phi) is 5.47. The third-order valence-electron chi connectivity index (χ3n) is 3.88. The lowest BCUT2D eigenvalue weighted by Gasteiger charge is -2.25. The zero-order chi connectivity index (χ0) is 18.0. The molecule has 0 aliphatic heterocycles. The van der Waals surface area contributed by atoms with Crippen molar-refractivity contribution in [3.8, 4) is 0 Å². The molecule has 1 aromatic rings. The third-order valence-corrected chi connectivity index (χ3v) is 4.87. The van der Waals surface area contributed by atoms with Crippen LogP contribution in [0.25, 0.3) is 0 Å². The van der Waals surface area contributed by atoms with Crippen molar-refractivity contribution in [2.45, 2.75) is 50.5 Å². The summed E-state index contributed by atoms with van der Waals surface area (Å²) in [5.41, 5.74) is -4.92. The minimum absolute atomic E-state index is 0.125. The maximum absolute atomic E-state index is 12.6. The fourth-order valence-corrected chi connectivity index (χ4v) is 3.33. The standard InChI is InChI=1S/C16H19F3O4S/c1-3-6-12(14-10-9-11(2)22-14)13-7-4-5-8-15(13)23-24(20,21)16(17,18)19/h3,9-10,12H,1,4-8H2,2H3. The van der Waals surface area contributed by atoms with Gasteiger partial charge in [-0.15, -0.1) is 6.58 Å². The Bertz CT molecular complexity index is 729. The summed E-state index contributed by atoms with van der Waals surface area (Å²) in [6.07, 6.45) is 3.98. The third kappa shape index (κ3) is 4.03. The summed E-state index contributed by atoms with van der Waals surface area (Å²) >= 11 is 0. The molecule has 8 heteroatoms. The van der Waals surface area contributed by atoms with Gasteiger partial charge in [-0.25, -0.2) is 0 Å². The Morgan fingerprint density at radius 2 is 2.00 bits per heavy atom. The average molecular weight is 364 g/mol. The average Bonchev–Trinajstić information content (AvgIpc) is 2.90. The van der Waals surface area contributed by atoms with Crippen molar-refractivity contribution in [3.05, 3.63) is 47.6 Å². The first-order valence-electron chi connectivity index (χ1n) is 7.55. The first-order valence-corrected chi connectivity index (χ1v) is 8.96. The van der Waals surface area contributed by atoms with Crippen LogP contribution in [0.1, 0.15) is 49.5 Å². The molecular weight excluding hydrogens is 345 g/mol. The van der Waals surface area contributed by atoms with E-state index in [1.54, 1.807) is 25.1 Å². The lowest BCUT2D eigenvalue weighted by molar-refractivity contribution is -0.0525. The van der Waals surface area contributed by atoms with Gasteiger partial charge >= 0.3 is 15.6 Å². The summed E-state index contributed by atoms with van der Waals surface area (Å²) in [7, 11) is -5.67. The number of alkyl halides is 3. The van der Waals surface area contributed by atoms with Crippen LogP contribution in [0.2, 0.25) is 0 Å². The van der Waals surface area contributed by atoms with E-state index in [0.29, 0.717) is 36.4 Å². The smallest absolute Gasteiger partial charge is 0.466 e. The highest BCUT2D eigenvalue weighted by molar-refractivity contribution is 7.87. The van der Waals surface area contributed by atoms with Crippen LogP contribution in [0.3, 0.4) is 0 Å². The maximum Gasteiger partial charge on any atom is 0.534 e. The molecule has 0 amide bonds. The van der Waals surface area contributed by atoms with Gasteiger partial charge in [0.2, 0.25) is 0 Å². The molecule has 134 valence electrons. The van der Waals surface area contributed by atoms with E-state index in [2.05, 4.69) is 10.8 Å². The minimum Gasteiger partial charge on any atom is -0.466 e. The number of furan rings is 1. The van der Waals surface area contributed by atoms with Gasteiger partial charge in [0.15, 0.2) is 0 Å². The molecule has 0 saturated heterocycles. The van der Waals surface area contributed by atoms with Crippen molar-refractivity contribution in [3.63, 3.8) is 0 Å². The van der Waals surface area contributed by atoms with Crippen molar-refractivity contribution in [2.24, 2.45) is 0 Å². The van der Waals surface area contributed by atoms with Crippen LogP contribution >= 0.6 is 0 Å². The predicted molar refractivity (Wildman–Crippen MR) is 82.6 cm³/mol. The van der Waals surface area contributed by atoms with E-state index >= 15 is 0 Å². The molecule has 0 bridgehead atoms. The Morgan fingerprint density at radius 1 is 1.33 bits per heavy atom. The first-order chi connectivity index (χ1) is 11.2. The number of hydrogen-bond donors (Lipinski definition) is 0. The second-order valence-corrected chi connectivity index (χ2v) is 7.20. The molecule has 24 heavy (non-hydrogen) atoms. The molecule has 1 aliphatic carbocycles. The summed E-state index contributed by atoms with van der Waals surface area (Å²) in [4.78, 5) is 0. The van der Waals surface area contributed by atoms with Gasteiger partial charge in [-0.1, -0.05) is 6.08 Å². The van der Waals surface area contributed by atoms with Crippen LogP contribution in [0.4, 0.5) is 13.2 Å². The van der Waals surface area contributed by atoms with Gasteiger partial charge in [-0.3, -0.25) is 0 Å². The first kappa shape index (κ1) is 18.6. The van der Waals surface area contributed by atoms with E-state index in [4.69, 9.17) is 4.42 Å². The highest BCUT2D eigenvalue weighted by Crippen LogP contribution is 2.40. The second-order valence-electron chi connectivity index (χ2n) is 5.66. The number of halogens is 3. The number of hydrogen-bond acceptors (Lipinski definition) is 4. The zero-order valence-corrected chi connectivity index (χ0v) is 14.0. The van der Waals surface area contributed by atoms with E-state index in [1.807, 2.05) is 0 Å². The molecule has 0 saturated carbocycles. The van der Waals surface area contributed by atoms with E-state index in [0.717, 1.165) is 6.42 Å². The predicted octanol–water partition coefficient (Wildman–Crippen LogP) is 4.94. The van der Waals surface area contributed by atoms with Crippen molar-refractivity contribution in [1.29, 1.82) is 0 Å². The number of allylic oxidation sites excluding steroid dienone is 3. The van der Waals surface area contributed by atoms with Crippen LogP contribution in [-0.2, 0) is 14.3 Å². The number of rotatable bonds is 6. The molecule has 2 rings (SSSR count). The maximum atomic E-state index is 12.6. The van der Waals surface area contributed by atoms with Gasteiger partial charge in [0.25, 0.3) is 0 Å². The van der Waals surface area contributed by atoms with Crippen LogP contribution in [-0.4, -0.2) is 13.9 Å². The van der Waals surface area contributed by atoms with Crippen molar-refractivity contribution < 1.29 is 30.2 Å². The molecule has 0 spiro atoms. The molecule has 1 aromatic heterocycles. The molecule has 4 nitrogen and oxygen atoms in total. The van der Waals surface area contributed by atoms with Gasteiger partial charge in [-0.05, 0) is 50.3 Å². The molecule has 0 fully saturated rings. The highest BCUT2D eigenvalue weighted by Gasteiger charge is 2.49. The molecule has 1 unspecified atom stereocenters. The highest BCUT2D eigenvalue weighted by atomic mass is 32.2. The van der Waals surface area contributed by atoms with E-state index in [-0.39, 0.29) is 18.1 Å². The van der Waals surface area contributed by atoms with E-state index in [9.17, 15) is 21.6 Å². The number of aryl methyl sites for hydroxylation is 1. The summed E-state index contributed by atoms with van der Waals surface area (Å²) in [5.74, 6) is 0.727. The van der Waals surface area contributed by atoms with Crippen molar-refractivity contribution in [1.82, 2.24) is 0 Å². The Hall–Kier alpha value is -1.70. The van der Waals surface area contributed by atoms with Crippen LogP contribution < -0.4 is 0 Å². The Labute approximate surface area is 139 Å². The quantitative estimate of drug-likeness (QED) is 0.407. The summed E-state index contributed by atoms with van der Waals surface area (Å²) in [6.45, 7) is 5.42. The lowest BCUT2D eigenvalue weighted by atomic mass is 9.84. The topological polar surface area (TPSA) is 56.5 Å². The summed E-state index contributed by atoms with van der Waals surface area (Å²) < 4.78 is 70.6. The fourth-order valence-electron chi connectivity index (χ4n) is 2.78. The summed E-state index contributed by atoms with van der Waals surface area (Å²) in [5, 5.41) is 0. The molecule has 0 aromatic carbocycles. The van der Waals surface area contributed by atoms with Gasteiger partial charge in [0.05, 0.1) is 0 Å². The molecular formula is C16H19F3O4S. The van der Waals surface area contributed by atoms with Crippen LogP contribution in [0, 0.1) is 6.92 Å². The SMILES string of the molecule is C=CCC(C1=C(OS(=O)(=O)C(F)(F)F)CCCC1)c1ccc(C)o1. The summed E-state index contributed by atoms with van der Waals surface area (Å²) in [6, 6.07) is 3.49. The molecule has 0 N–H and O–H groups in total. The molecule has 1 heterocycles. The van der Waals surface area contributed by atoms with Crippen LogP contribution in [0.5, 0.6) is 0 Å². The van der Waals surface area contributed by atoms with Crippen molar-refractivity contribution in [2.75, 3.05) is 0 Å². The Morgan fingerprint density at radius 3 is 2.54 bits per heavy atom. The van der Waals surface area contributed by atoms with Gasteiger partial charge in [0.1, 0.15) is 17.3 Å². The molecule has 0 radical (unpaired) electrons.